The van der Waals surface area contributed by atoms with Crippen molar-refractivity contribution in [1.29, 1.82) is 0 Å². The van der Waals surface area contributed by atoms with Crippen molar-refractivity contribution in [2.45, 2.75) is 12.7 Å². The van der Waals surface area contributed by atoms with Crippen LogP contribution >= 0.6 is 11.6 Å². The zero-order chi connectivity index (χ0) is 24.2. The number of amides is 2. The van der Waals surface area contributed by atoms with Gasteiger partial charge in [0.15, 0.2) is 0 Å². The lowest BCUT2D eigenvalue weighted by Crippen LogP contribution is -2.31. The molecule has 0 radical (unpaired) electrons. The third-order valence-electron chi connectivity index (χ3n) is 4.31. The van der Waals surface area contributed by atoms with Crippen LogP contribution in [0, 0.1) is 0 Å². The molecule has 3 aromatic rings. The monoisotopic (exact) mass is 480 g/mol. The Morgan fingerprint density at radius 2 is 1.76 bits per heavy atom. The Bertz CT molecular complexity index is 1240. The van der Waals surface area contributed by atoms with Gasteiger partial charge >= 0.3 is 6.18 Å². The first-order valence-electron chi connectivity index (χ1n) is 9.27. The molecular formula is C21H16ClF3N4O4. The number of hydrogen-bond donors (Lipinski definition) is 2. The van der Waals surface area contributed by atoms with E-state index in [0.717, 1.165) is 18.2 Å². The number of carbonyl (C=O) groups excluding carboxylic acids is 2. The number of rotatable bonds is 6. The van der Waals surface area contributed by atoms with E-state index in [1.165, 1.54) is 13.2 Å². The molecule has 0 bridgehead atoms. The SMILES string of the molecule is COc1ccc(NC(=O)c2ccc(=O)n(CC(=O)Nc3cc(C(F)(F)F)ccc3Cl)n2)cc1. The van der Waals surface area contributed by atoms with Crippen molar-refractivity contribution >= 4 is 34.8 Å². The first kappa shape index (κ1) is 23.8. The molecule has 0 aliphatic carbocycles. The van der Waals surface area contributed by atoms with Crippen molar-refractivity contribution in [3.63, 3.8) is 0 Å². The van der Waals surface area contributed by atoms with Crippen molar-refractivity contribution in [3.8, 4) is 5.75 Å². The minimum Gasteiger partial charge on any atom is -0.497 e. The molecule has 0 unspecified atom stereocenters. The van der Waals surface area contributed by atoms with E-state index >= 15 is 0 Å². The van der Waals surface area contributed by atoms with E-state index in [9.17, 15) is 27.6 Å². The van der Waals surface area contributed by atoms with Crippen molar-refractivity contribution in [2.24, 2.45) is 0 Å². The van der Waals surface area contributed by atoms with Crippen LogP contribution < -0.4 is 20.9 Å². The highest BCUT2D eigenvalue weighted by Gasteiger charge is 2.31. The van der Waals surface area contributed by atoms with E-state index in [4.69, 9.17) is 16.3 Å². The molecule has 0 saturated carbocycles. The number of benzene rings is 2. The first-order valence-corrected chi connectivity index (χ1v) is 9.65. The quantitative estimate of drug-likeness (QED) is 0.558. The Hall–Kier alpha value is -3.86. The molecule has 3 rings (SSSR count). The summed E-state index contributed by atoms with van der Waals surface area (Å²) in [5.41, 5.74) is -1.69. The number of nitrogens with one attached hydrogen (secondary N) is 2. The Balaban J connectivity index is 1.74. The van der Waals surface area contributed by atoms with Gasteiger partial charge in [0.2, 0.25) is 5.91 Å². The zero-order valence-corrected chi connectivity index (χ0v) is 17.7. The molecule has 1 aromatic heterocycles. The molecule has 0 aliphatic heterocycles. The molecule has 0 spiro atoms. The van der Waals surface area contributed by atoms with Crippen molar-refractivity contribution in [2.75, 3.05) is 17.7 Å². The second-order valence-electron chi connectivity index (χ2n) is 6.64. The fourth-order valence-electron chi connectivity index (χ4n) is 2.68. The predicted octanol–water partition coefficient (Wildman–Crippen LogP) is 3.82. The lowest BCUT2D eigenvalue weighted by atomic mass is 10.2. The van der Waals surface area contributed by atoms with Gasteiger partial charge < -0.3 is 15.4 Å². The number of ether oxygens (including phenoxy) is 1. The summed E-state index contributed by atoms with van der Waals surface area (Å²) in [6, 6.07) is 11.1. The third kappa shape index (κ3) is 6.10. The summed E-state index contributed by atoms with van der Waals surface area (Å²) in [7, 11) is 1.50. The van der Waals surface area contributed by atoms with Crippen molar-refractivity contribution in [3.05, 3.63) is 81.2 Å². The number of nitrogens with zero attached hydrogens (tertiary/aromatic N) is 2. The van der Waals surface area contributed by atoms with E-state index < -0.39 is 35.7 Å². The third-order valence-corrected chi connectivity index (χ3v) is 4.64. The number of anilines is 2. The van der Waals surface area contributed by atoms with Crippen LogP contribution in [0.2, 0.25) is 5.02 Å². The van der Waals surface area contributed by atoms with Gasteiger partial charge in [-0.05, 0) is 48.5 Å². The summed E-state index contributed by atoms with van der Waals surface area (Å²) in [5, 5.41) is 8.53. The largest absolute Gasteiger partial charge is 0.497 e. The fraction of sp³-hybridized carbons (Fsp3) is 0.143. The molecule has 172 valence electrons. The molecule has 0 aliphatic rings. The van der Waals surface area contributed by atoms with Crippen molar-refractivity contribution in [1.82, 2.24) is 9.78 Å². The highest BCUT2D eigenvalue weighted by molar-refractivity contribution is 6.33. The Labute approximate surface area is 189 Å². The van der Waals surface area contributed by atoms with E-state index in [1.54, 1.807) is 24.3 Å². The molecule has 33 heavy (non-hydrogen) atoms. The molecular weight excluding hydrogens is 465 g/mol. The van der Waals surface area contributed by atoms with Crippen LogP contribution in [0.15, 0.2) is 59.4 Å². The highest BCUT2D eigenvalue weighted by atomic mass is 35.5. The molecule has 8 nitrogen and oxygen atoms in total. The topological polar surface area (TPSA) is 102 Å². The van der Waals surface area contributed by atoms with E-state index in [-0.39, 0.29) is 16.4 Å². The van der Waals surface area contributed by atoms with Gasteiger partial charge in [-0.2, -0.15) is 18.3 Å². The summed E-state index contributed by atoms with van der Waals surface area (Å²) in [6.45, 7) is -0.658. The summed E-state index contributed by atoms with van der Waals surface area (Å²) in [5.74, 6) is -0.916. The van der Waals surface area contributed by atoms with Gasteiger partial charge in [-0.3, -0.25) is 14.4 Å². The average Bonchev–Trinajstić information content (AvgIpc) is 2.76. The van der Waals surface area contributed by atoms with Crippen LogP contribution in [0.3, 0.4) is 0 Å². The van der Waals surface area contributed by atoms with Gasteiger partial charge in [-0.25, -0.2) is 4.68 Å². The molecule has 2 N–H and O–H groups in total. The number of aromatic nitrogens is 2. The number of halogens is 4. The zero-order valence-electron chi connectivity index (χ0n) is 16.9. The van der Waals surface area contributed by atoms with Gasteiger partial charge in [-0.1, -0.05) is 11.6 Å². The molecule has 12 heteroatoms. The maximum atomic E-state index is 12.9. The van der Waals surface area contributed by atoms with Crippen LogP contribution in [-0.2, 0) is 17.5 Å². The minimum atomic E-state index is -4.63. The average molecular weight is 481 g/mol. The summed E-state index contributed by atoms with van der Waals surface area (Å²) in [4.78, 5) is 36.8. The maximum Gasteiger partial charge on any atom is 0.416 e. The smallest absolute Gasteiger partial charge is 0.416 e. The fourth-order valence-corrected chi connectivity index (χ4v) is 2.84. The lowest BCUT2D eigenvalue weighted by molar-refractivity contribution is -0.137. The van der Waals surface area contributed by atoms with Gasteiger partial charge in [-0.15, -0.1) is 0 Å². The number of hydrogen-bond acceptors (Lipinski definition) is 5. The predicted molar refractivity (Wildman–Crippen MR) is 115 cm³/mol. The van der Waals surface area contributed by atoms with Gasteiger partial charge in [0.25, 0.3) is 11.5 Å². The Kier molecular flexibility index (Phi) is 7.02. The van der Waals surface area contributed by atoms with Crippen LogP contribution in [0.25, 0.3) is 0 Å². The molecule has 0 saturated heterocycles. The first-order chi connectivity index (χ1) is 15.6. The van der Waals surface area contributed by atoms with Gasteiger partial charge in [0.1, 0.15) is 18.0 Å². The van der Waals surface area contributed by atoms with E-state index in [2.05, 4.69) is 15.7 Å². The minimum absolute atomic E-state index is 0.121. The lowest BCUT2D eigenvalue weighted by Gasteiger charge is -2.12. The number of alkyl halides is 3. The molecule has 0 atom stereocenters. The van der Waals surface area contributed by atoms with Crippen LogP contribution in [-0.4, -0.2) is 28.7 Å². The van der Waals surface area contributed by atoms with Gasteiger partial charge in [0, 0.05) is 11.8 Å². The second-order valence-corrected chi connectivity index (χ2v) is 7.04. The normalized spacial score (nSPS) is 11.1. The summed E-state index contributed by atoms with van der Waals surface area (Å²) in [6.07, 6.45) is -4.63. The molecule has 0 fully saturated rings. The molecule has 1 heterocycles. The maximum absolute atomic E-state index is 12.9. The standard InChI is InChI=1S/C21H16ClF3N4O4/c1-33-14-5-3-13(4-6-14)26-20(32)16-8-9-19(31)29(28-16)11-18(30)27-17-10-12(21(23,24)25)2-7-15(17)22/h2-10H,11H2,1H3,(H,26,32)(H,27,30). The Morgan fingerprint density at radius 1 is 1.06 bits per heavy atom. The van der Waals surface area contributed by atoms with Crippen LogP contribution in [0.5, 0.6) is 5.75 Å². The van der Waals surface area contributed by atoms with Crippen molar-refractivity contribution < 1.29 is 27.5 Å². The highest BCUT2D eigenvalue weighted by Crippen LogP contribution is 2.33. The molecule has 2 aromatic carbocycles. The van der Waals surface area contributed by atoms with Crippen LogP contribution in [0.1, 0.15) is 16.1 Å². The summed E-state index contributed by atoms with van der Waals surface area (Å²) >= 11 is 5.86. The number of methoxy groups -OCH3 is 1. The van der Waals surface area contributed by atoms with E-state index in [0.29, 0.717) is 22.2 Å². The second kappa shape index (κ2) is 9.74. The van der Waals surface area contributed by atoms with E-state index in [1.807, 2.05) is 0 Å². The van der Waals surface area contributed by atoms with Gasteiger partial charge in [0.05, 0.1) is 23.4 Å². The summed E-state index contributed by atoms with van der Waals surface area (Å²) < 4.78 is 44.4. The number of carbonyl (C=O) groups is 2. The Morgan fingerprint density at radius 3 is 2.39 bits per heavy atom. The molecule has 2 amide bonds. The van der Waals surface area contributed by atoms with Crippen LogP contribution in [0.4, 0.5) is 24.5 Å².